The van der Waals surface area contributed by atoms with E-state index in [0.29, 0.717) is 58.6 Å². The Hall–Kier alpha value is -6.95. The van der Waals surface area contributed by atoms with Crippen LogP contribution in [0.1, 0.15) is 27.0 Å². The van der Waals surface area contributed by atoms with E-state index in [1.807, 2.05) is 110 Å². The first-order chi connectivity index (χ1) is 31.5. The number of carbonyl (C=O) groups is 2. The van der Waals surface area contributed by atoms with Gasteiger partial charge in [0, 0.05) is 50.9 Å². The molecule has 0 saturated heterocycles. The van der Waals surface area contributed by atoms with E-state index in [1.165, 1.54) is 43.5 Å². The van der Waals surface area contributed by atoms with Crippen LogP contribution in [0.2, 0.25) is 0 Å². The number of halogens is 5. The number of nitrogens with one attached hydrogen (secondary N) is 1. The van der Waals surface area contributed by atoms with Crippen LogP contribution in [-0.4, -0.2) is 95.6 Å². The Balaban J connectivity index is 1.50. The summed E-state index contributed by atoms with van der Waals surface area (Å²) in [6, 6.07) is 37.9. The van der Waals surface area contributed by atoms with Crippen molar-refractivity contribution >= 4 is 49.7 Å². The molecule has 0 bridgehead atoms. The van der Waals surface area contributed by atoms with Gasteiger partial charge in [0.25, 0.3) is 5.91 Å². The number of likely N-dealkylation sites (N-methyl/N-ethyl adjacent to an activating group) is 2. The molecule has 6 aromatic carbocycles. The van der Waals surface area contributed by atoms with Gasteiger partial charge in [0.2, 0.25) is 9.84 Å². The highest BCUT2D eigenvalue weighted by atomic mass is 32.2. The molecule has 66 heavy (non-hydrogen) atoms. The molecule has 11 nitrogen and oxygen atoms in total. The van der Waals surface area contributed by atoms with Crippen molar-refractivity contribution in [1.29, 1.82) is 0 Å². The van der Waals surface area contributed by atoms with Crippen LogP contribution < -0.4 is 15.1 Å². The number of alkyl halides is 3. The van der Waals surface area contributed by atoms with Crippen molar-refractivity contribution in [1.82, 2.24) is 14.7 Å². The van der Waals surface area contributed by atoms with Gasteiger partial charge in [-0.2, -0.15) is 18.3 Å². The van der Waals surface area contributed by atoms with Crippen LogP contribution in [0, 0.1) is 11.6 Å². The maximum absolute atomic E-state index is 14.8. The molecule has 1 N–H and O–H groups in total. The molecule has 7 aromatic rings. The monoisotopic (exact) mass is 924 g/mol. The third-order valence-electron chi connectivity index (χ3n) is 11.1. The second-order valence-electron chi connectivity index (χ2n) is 15.7. The molecule has 0 spiro atoms. The smallest absolute Gasteiger partial charge is 0.383 e. The molecule has 2 amide bonds. The van der Waals surface area contributed by atoms with Crippen molar-refractivity contribution in [3.63, 3.8) is 0 Å². The summed E-state index contributed by atoms with van der Waals surface area (Å²) in [6.07, 6.45) is -5.34. The summed E-state index contributed by atoms with van der Waals surface area (Å²) in [5.41, 5.74) is 0.712. The van der Waals surface area contributed by atoms with Gasteiger partial charge in [-0.25, -0.2) is 21.9 Å². The average molecular weight is 925 g/mol. The minimum atomic E-state index is -5.34. The Morgan fingerprint density at radius 3 is 1.77 bits per heavy atom. The summed E-state index contributed by atoms with van der Waals surface area (Å²) < 4.78 is 107. The van der Waals surface area contributed by atoms with Crippen molar-refractivity contribution in [3.8, 4) is 0 Å². The number of rotatable bonds is 16. The number of carbonyl (C=O) groups excluding carboxylic acids is 2. The number of fused-ring (bicyclic) bond motifs is 1. The first-order valence-electron chi connectivity index (χ1n) is 20.6. The van der Waals surface area contributed by atoms with E-state index in [4.69, 9.17) is 9.84 Å². The van der Waals surface area contributed by atoms with Crippen LogP contribution in [0.25, 0.3) is 10.9 Å². The van der Waals surface area contributed by atoms with Crippen LogP contribution in [0.3, 0.4) is 0 Å². The fourth-order valence-electron chi connectivity index (χ4n) is 7.83. The largest absolute Gasteiger partial charge is 0.471 e. The van der Waals surface area contributed by atoms with Gasteiger partial charge in [0.1, 0.15) is 17.2 Å². The van der Waals surface area contributed by atoms with E-state index in [2.05, 4.69) is 5.32 Å². The number of ether oxygens (including phenoxy) is 1. The Kier molecular flexibility index (Phi) is 13.7. The van der Waals surface area contributed by atoms with Gasteiger partial charge in [-0.3, -0.25) is 9.59 Å². The zero-order valence-electron chi connectivity index (χ0n) is 36.3. The molecule has 0 atom stereocenters. The number of nitrogens with zero attached hydrogens (tertiary/aromatic N) is 5. The van der Waals surface area contributed by atoms with E-state index >= 15 is 0 Å². The molecule has 17 heteroatoms. The number of hydrogen-bond acceptors (Lipinski definition) is 8. The third-order valence-corrected chi connectivity index (χ3v) is 12.8. The van der Waals surface area contributed by atoms with Gasteiger partial charge in [0.15, 0.2) is 5.82 Å². The van der Waals surface area contributed by atoms with Gasteiger partial charge in [-0.15, -0.1) is 0 Å². The zero-order valence-corrected chi connectivity index (χ0v) is 37.1. The second kappa shape index (κ2) is 19.3. The maximum atomic E-state index is 14.8. The summed E-state index contributed by atoms with van der Waals surface area (Å²) >= 11 is 0. The molecule has 0 unspecified atom stereocenters. The quantitative estimate of drug-likeness (QED) is 0.0756. The van der Waals surface area contributed by atoms with Crippen molar-refractivity contribution in [2.75, 3.05) is 69.6 Å². The molecular formula is C49H45F5N6O5S. The summed E-state index contributed by atoms with van der Waals surface area (Å²) in [7, 11) is 2.06. The van der Waals surface area contributed by atoms with Gasteiger partial charge in [0.05, 0.1) is 33.2 Å². The lowest BCUT2D eigenvalue weighted by atomic mass is 9.77. The topological polar surface area (TPSA) is 117 Å². The average Bonchev–Trinajstić information content (AvgIpc) is 3.66. The van der Waals surface area contributed by atoms with E-state index < -0.39 is 61.3 Å². The van der Waals surface area contributed by atoms with Crippen LogP contribution in [0.5, 0.6) is 0 Å². The third kappa shape index (κ3) is 9.40. The zero-order chi connectivity index (χ0) is 47.4. The first kappa shape index (κ1) is 47.0. The molecule has 7 rings (SSSR count). The molecule has 0 saturated carbocycles. The number of sulfone groups is 1. The molecule has 1 heterocycles. The number of methoxy groups -OCH3 is 1. The lowest BCUT2D eigenvalue weighted by molar-refractivity contribution is -0.170. The van der Waals surface area contributed by atoms with Crippen molar-refractivity contribution in [2.45, 2.75) is 21.5 Å². The predicted molar refractivity (Wildman–Crippen MR) is 243 cm³/mol. The Bertz CT molecular complexity index is 2850. The standard InChI is InChI=1S/C49H45F5N6O5S/c1-57(2)24-25-58(3)38-20-22-41(44(31-38)59(26-27-65-4)47(62)49(52,53)54)46(61)55-45-42-32-39(66(63,64)40-29-36(50)28-37(51)30-40)21-23-43(42)60(56-45)48(33-14-8-5-9-15-33,34-16-10-6-11-17-34)35-18-12-7-13-19-35/h5-23,28-32H,24-27H2,1-4H3,(H,55,56,61). The molecule has 342 valence electrons. The maximum Gasteiger partial charge on any atom is 0.471 e. The molecule has 0 aliphatic carbocycles. The Morgan fingerprint density at radius 2 is 1.26 bits per heavy atom. The predicted octanol–water partition coefficient (Wildman–Crippen LogP) is 8.78. The van der Waals surface area contributed by atoms with Crippen molar-refractivity contribution in [3.05, 3.63) is 179 Å². The summed E-state index contributed by atoms with van der Waals surface area (Å²) in [6.45, 7) is 0.117. The van der Waals surface area contributed by atoms with Crippen LogP contribution in [-0.2, 0) is 24.9 Å². The SMILES string of the molecule is COCCN(C(=O)C(F)(F)F)c1cc(N(C)CCN(C)C)ccc1C(=O)Nc1nn(C(c2ccccc2)(c2ccccc2)c2ccccc2)c2ccc(S(=O)(=O)c3cc(F)cc(F)c3)cc12. The highest BCUT2D eigenvalue weighted by Crippen LogP contribution is 2.44. The van der Waals surface area contributed by atoms with Gasteiger partial charge < -0.3 is 24.8 Å². The summed E-state index contributed by atoms with van der Waals surface area (Å²) in [5, 5.41) is 7.83. The normalized spacial score (nSPS) is 12.1. The molecule has 1 aromatic heterocycles. The van der Waals surface area contributed by atoms with Gasteiger partial charge >= 0.3 is 12.1 Å². The molecular weight excluding hydrogens is 880 g/mol. The number of aromatic nitrogens is 2. The fourth-order valence-corrected chi connectivity index (χ4v) is 9.16. The van der Waals surface area contributed by atoms with E-state index in [-0.39, 0.29) is 34.6 Å². The van der Waals surface area contributed by atoms with Gasteiger partial charge in [-0.1, -0.05) is 91.0 Å². The van der Waals surface area contributed by atoms with Gasteiger partial charge in [-0.05, 0) is 79.3 Å². The van der Waals surface area contributed by atoms with E-state index in [1.54, 1.807) is 16.6 Å². The van der Waals surface area contributed by atoms with Crippen molar-refractivity contribution < 1.29 is 44.7 Å². The number of amides is 2. The summed E-state index contributed by atoms with van der Waals surface area (Å²) in [4.78, 5) is 31.0. The molecule has 0 aliphatic rings. The number of benzene rings is 6. The second-order valence-corrected chi connectivity index (χ2v) is 17.6. The minimum Gasteiger partial charge on any atom is -0.383 e. The number of anilines is 3. The van der Waals surface area contributed by atoms with Crippen molar-refractivity contribution in [2.24, 2.45) is 0 Å². The molecule has 0 fully saturated rings. The number of hydrogen-bond donors (Lipinski definition) is 1. The lowest BCUT2D eigenvalue weighted by Gasteiger charge is -2.37. The molecule has 0 aliphatic heterocycles. The minimum absolute atomic E-state index is 0.0395. The summed E-state index contributed by atoms with van der Waals surface area (Å²) in [5.74, 6) is -5.71. The van der Waals surface area contributed by atoms with E-state index in [0.717, 1.165) is 0 Å². The van der Waals surface area contributed by atoms with Crippen LogP contribution in [0.15, 0.2) is 155 Å². The molecule has 0 radical (unpaired) electrons. The van der Waals surface area contributed by atoms with Crippen LogP contribution in [0.4, 0.5) is 39.1 Å². The highest BCUT2D eigenvalue weighted by Gasteiger charge is 2.44. The first-order valence-corrected chi connectivity index (χ1v) is 22.0. The Labute approximate surface area is 378 Å². The fraction of sp³-hybridized carbons (Fsp3) is 0.204. The Morgan fingerprint density at radius 1 is 0.697 bits per heavy atom. The van der Waals surface area contributed by atoms with Crippen LogP contribution >= 0.6 is 0 Å². The van der Waals surface area contributed by atoms with E-state index in [9.17, 15) is 40.0 Å². The highest BCUT2D eigenvalue weighted by molar-refractivity contribution is 7.91. The lowest BCUT2D eigenvalue weighted by Crippen LogP contribution is -2.44.